The Morgan fingerprint density at radius 1 is 0.614 bits per heavy atom. The van der Waals surface area contributed by atoms with Crippen LogP contribution in [0.5, 0.6) is 0 Å². The molecule has 0 saturated heterocycles. The van der Waals surface area contributed by atoms with Gasteiger partial charge in [-0.25, -0.2) is 34.4 Å². The molecule has 4 aromatic rings. The number of nitrogens with one attached hydrogen (secondary N) is 1. The standard InChI is InChI=1S/C15H15F2NO2S.C13H9BrF2O2S.C2H7N.ClH/c1-18(2)10-11-9-14(7-8-15(11)17)21(19,20)13-5-3-12(16)4-6-13;14-8-9-7-12(5-6-13(9)16)19(17,18)11-3-1-10(15)2-4-11;1-3-2;/h3-9H,10H2,1-2H3;1-7H,8H2;3H,1-2H3;1H. The summed E-state index contributed by atoms with van der Waals surface area (Å²) in [7, 11) is -0.263. The van der Waals surface area contributed by atoms with Crippen molar-refractivity contribution in [2.24, 2.45) is 0 Å². The molecular weight excluding hydrogens is 708 g/mol. The van der Waals surface area contributed by atoms with Gasteiger partial charge in [0.05, 0.1) is 19.6 Å². The molecule has 0 aliphatic heterocycles. The highest BCUT2D eigenvalue weighted by Crippen LogP contribution is 2.25. The zero-order valence-electron chi connectivity index (χ0n) is 24.2. The predicted octanol–water partition coefficient (Wildman–Crippen LogP) is 6.81. The zero-order chi connectivity index (χ0) is 32.4. The number of alkyl halides is 1. The summed E-state index contributed by atoms with van der Waals surface area (Å²) < 4.78 is 102. The maximum atomic E-state index is 13.7. The van der Waals surface area contributed by atoms with Crippen LogP contribution in [0, 0.1) is 23.3 Å². The molecule has 14 heteroatoms. The minimum atomic E-state index is -3.78. The van der Waals surface area contributed by atoms with Crippen LogP contribution in [0.25, 0.3) is 0 Å². The van der Waals surface area contributed by atoms with Crippen LogP contribution in [0.4, 0.5) is 17.6 Å². The maximum absolute atomic E-state index is 13.7. The lowest BCUT2D eigenvalue weighted by molar-refractivity contribution is 0.392. The summed E-state index contributed by atoms with van der Waals surface area (Å²) in [6.07, 6.45) is 0. The minimum absolute atomic E-state index is 0. The molecule has 240 valence electrons. The van der Waals surface area contributed by atoms with E-state index in [1.165, 1.54) is 48.5 Å². The van der Waals surface area contributed by atoms with Crippen molar-refractivity contribution in [1.82, 2.24) is 10.2 Å². The summed E-state index contributed by atoms with van der Waals surface area (Å²) in [5.41, 5.74) is 0.548. The highest BCUT2D eigenvalue weighted by molar-refractivity contribution is 9.08. The van der Waals surface area contributed by atoms with Gasteiger partial charge in [0, 0.05) is 17.4 Å². The van der Waals surface area contributed by atoms with Crippen LogP contribution in [0.2, 0.25) is 0 Å². The van der Waals surface area contributed by atoms with E-state index >= 15 is 0 Å². The van der Waals surface area contributed by atoms with Gasteiger partial charge in [0.25, 0.3) is 0 Å². The molecule has 44 heavy (non-hydrogen) atoms. The molecule has 0 bridgehead atoms. The van der Waals surface area contributed by atoms with Crippen molar-refractivity contribution in [3.8, 4) is 0 Å². The van der Waals surface area contributed by atoms with E-state index in [0.29, 0.717) is 12.1 Å². The molecule has 0 unspecified atom stereocenters. The average molecular weight is 740 g/mol. The number of hydrogen-bond acceptors (Lipinski definition) is 6. The molecule has 4 aromatic carbocycles. The fourth-order valence-electron chi connectivity index (χ4n) is 3.50. The fourth-order valence-corrected chi connectivity index (χ4v) is 6.55. The van der Waals surface area contributed by atoms with Crippen molar-refractivity contribution >= 4 is 48.0 Å². The van der Waals surface area contributed by atoms with Gasteiger partial charge in [0.1, 0.15) is 23.3 Å². The molecule has 6 nitrogen and oxygen atoms in total. The second kappa shape index (κ2) is 17.6. The Kier molecular flexibility index (Phi) is 15.7. The largest absolute Gasteiger partial charge is 0.323 e. The number of sulfone groups is 2. The highest BCUT2D eigenvalue weighted by Gasteiger charge is 2.20. The first-order chi connectivity index (χ1) is 20.2. The molecular formula is C30H32BrClF4N2O4S2. The van der Waals surface area contributed by atoms with Crippen LogP contribution in [-0.4, -0.2) is 49.9 Å². The second-order valence-electron chi connectivity index (χ2n) is 9.29. The molecule has 0 radical (unpaired) electrons. The second-order valence-corrected chi connectivity index (χ2v) is 13.8. The molecule has 0 spiro atoms. The van der Waals surface area contributed by atoms with Crippen LogP contribution in [0.1, 0.15) is 11.1 Å². The third-order valence-electron chi connectivity index (χ3n) is 5.53. The minimum Gasteiger partial charge on any atom is -0.323 e. The summed E-state index contributed by atoms with van der Waals surface area (Å²) in [6, 6.07) is 16.3. The van der Waals surface area contributed by atoms with Gasteiger partial charge < -0.3 is 10.2 Å². The fraction of sp³-hybridized carbons (Fsp3) is 0.200. The molecule has 0 aromatic heterocycles. The maximum Gasteiger partial charge on any atom is 0.206 e. The number of nitrogens with zero attached hydrogens (tertiary/aromatic N) is 1. The van der Waals surface area contributed by atoms with Crippen molar-refractivity contribution in [2.75, 3.05) is 28.2 Å². The highest BCUT2D eigenvalue weighted by atomic mass is 79.9. The van der Waals surface area contributed by atoms with Crippen LogP contribution in [0.15, 0.2) is 105 Å². The molecule has 0 amide bonds. The molecule has 0 saturated carbocycles. The van der Waals surface area contributed by atoms with E-state index in [0.717, 1.165) is 36.4 Å². The summed E-state index contributed by atoms with van der Waals surface area (Å²) in [5, 5.41) is 2.96. The van der Waals surface area contributed by atoms with E-state index in [-0.39, 0.29) is 42.9 Å². The Bertz CT molecular complexity index is 1730. The Labute approximate surface area is 270 Å². The molecule has 1 N–H and O–H groups in total. The SMILES string of the molecule is CN(C)Cc1cc(S(=O)(=O)c2ccc(F)cc2)ccc1F.CNC.Cl.O=S(=O)(c1ccc(F)cc1)c1ccc(F)c(CBr)c1. The van der Waals surface area contributed by atoms with Crippen molar-refractivity contribution < 1.29 is 34.4 Å². The summed E-state index contributed by atoms with van der Waals surface area (Å²) in [5.74, 6) is -1.96. The summed E-state index contributed by atoms with van der Waals surface area (Å²) >= 11 is 3.09. The Balaban J connectivity index is 0.000000397. The quantitative estimate of drug-likeness (QED) is 0.128. The first-order valence-electron chi connectivity index (χ1n) is 12.5. The number of benzene rings is 4. The van der Waals surface area contributed by atoms with Crippen molar-refractivity contribution in [3.05, 3.63) is 119 Å². The topological polar surface area (TPSA) is 83.6 Å². The van der Waals surface area contributed by atoms with Crippen LogP contribution in [0.3, 0.4) is 0 Å². The summed E-state index contributed by atoms with van der Waals surface area (Å²) in [6.45, 7) is 0.290. The van der Waals surface area contributed by atoms with E-state index in [1.807, 2.05) is 14.1 Å². The van der Waals surface area contributed by atoms with E-state index < -0.39 is 42.9 Å². The molecule has 0 heterocycles. The lowest BCUT2D eigenvalue weighted by atomic mass is 10.2. The molecule has 0 aliphatic rings. The molecule has 4 rings (SSSR count). The van der Waals surface area contributed by atoms with Gasteiger partial charge in [-0.1, -0.05) is 15.9 Å². The zero-order valence-corrected chi connectivity index (χ0v) is 28.2. The lowest BCUT2D eigenvalue weighted by Crippen LogP contribution is -2.13. The number of rotatable bonds is 7. The predicted molar refractivity (Wildman–Crippen MR) is 169 cm³/mol. The Morgan fingerprint density at radius 3 is 1.27 bits per heavy atom. The third-order valence-corrected chi connectivity index (χ3v) is 9.67. The Morgan fingerprint density at radius 2 is 0.932 bits per heavy atom. The van der Waals surface area contributed by atoms with Crippen LogP contribution < -0.4 is 5.32 Å². The van der Waals surface area contributed by atoms with Gasteiger partial charge in [0.15, 0.2) is 0 Å². The Hall–Kier alpha value is -2.81. The van der Waals surface area contributed by atoms with Gasteiger partial charge in [-0.15, -0.1) is 12.4 Å². The average Bonchev–Trinajstić information content (AvgIpc) is 2.95. The van der Waals surface area contributed by atoms with Gasteiger partial charge in [-0.3, -0.25) is 0 Å². The monoisotopic (exact) mass is 738 g/mol. The van der Waals surface area contributed by atoms with Gasteiger partial charge >= 0.3 is 0 Å². The van der Waals surface area contributed by atoms with Crippen LogP contribution >= 0.6 is 28.3 Å². The summed E-state index contributed by atoms with van der Waals surface area (Å²) in [4.78, 5) is 1.67. The first kappa shape index (κ1) is 39.2. The van der Waals surface area contributed by atoms with E-state index in [4.69, 9.17) is 0 Å². The van der Waals surface area contributed by atoms with E-state index in [9.17, 15) is 34.4 Å². The number of hydrogen-bond donors (Lipinski definition) is 1. The lowest BCUT2D eigenvalue weighted by Gasteiger charge is -2.12. The van der Waals surface area contributed by atoms with Gasteiger partial charge in [0.2, 0.25) is 19.7 Å². The van der Waals surface area contributed by atoms with Crippen LogP contribution in [-0.2, 0) is 31.5 Å². The molecule has 0 aliphatic carbocycles. The third kappa shape index (κ3) is 10.7. The van der Waals surface area contributed by atoms with Gasteiger partial charge in [-0.2, -0.15) is 0 Å². The first-order valence-corrected chi connectivity index (χ1v) is 16.6. The van der Waals surface area contributed by atoms with Gasteiger partial charge in [-0.05, 0) is 119 Å². The van der Waals surface area contributed by atoms with Crippen molar-refractivity contribution in [2.45, 2.75) is 31.5 Å². The van der Waals surface area contributed by atoms with Crippen molar-refractivity contribution in [1.29, 1.82) is 0 Å². The normalized spacial score (nSPS) is 11.0. The number of halogens is 6. The smallest absolute Gasteiger partial charge is 0.206 e. The van der Waals surface area contributed by atoms with E-state index in [1.54, 1.807) is 19.0 Å². The van der Waals surface area contributed by atoms with E-state index in [2.05, 4.69) is 21.2 Å². The molecule has 0 fully saturated rings. The molecule has 0 atom stereocenters. The van der Waals surface area contributed by atoms with Crippen molar-refractivity contribution in [3.63, 3.8) is 0 Å².